The largest absolute Gasteiger partial charge is 0.467 e. The van der Waals surface area contributed by atoms with Gasteiger partial charge in [0.05, 0.1) is 24.2 Å². The van der Waals surface area contributed by atoms with Crippen molar-refractivity contribution in [3.05, 3.63) is 59.4 Å². The van der Waals surface area contributed by atoms with Crippen LogP contribution < -0.4 is 10.0 Å². The molecule has 3 N–H and O–H groups in total. The Kier molecular flexibility index (Phi) is 7.91. The molecule has 188 valence electrons. The Balaban J connectivity index is 1.87. The Hall–Kier alpha value is -2.91. The summed E-state index contributed by atoms with van der Waals surface area (Å²) in [6.45, 7) is 0.700. The van der Waals surface area contributed by atoms with Crippen LogP contribution in [0.4, 0.5) is 4.39 Å². The van der Waals surface area contributed by atoms with Gasteiger partial charge in [-0.1, -0.05) is 12.1 Å². The molecule has 35 heavy (non-hydrogen) atoms. The van der Waals surface area contributed by atoms with Gasteiger partial charge in [-0.05, 0) is 48.2 Å². The third-order valence-electron chi connectivity index (χ3n) is 4.98. The Morgan fingerprint density at radius 3 is 2.49 bits per heavy atom. The van der Waals surface area contributed by atoms with Crippen LogP contribution in [0.5, 0.6) is 0 Å². The fourth-order valence-electron chi connectivity index (χ4n) is 3.21. The third-order valence-corrected chi connectivity index (χ3v) is 10.0. The normalized spacial score (nSPS) is 12.9. The first kappa shape index (κ1) is 26.7. The molecule has 1 aromatic heterocycles. The number of aliphatic hydroxyl groups excluding tert-OH is 1. The average molecular weight is 545 g/mol. The molecular weight excluding hydrogens is 523 g/mol. The number of carbonyl (C=O) groups excluding carboxylic acids is 2. The van der Waals surface area contributed by atoms with Gasteiger partial charge < -0.3 is 15.2 Å². The first-order valence-corrected chi connectivity index (χ1v) is 13.9. The zero-order valence-electron chi connectivity index (χ0n) is 18.4. The van der Waals surface area contributed by atoms with Crippen molar-refractivity contribution in [3.8, 4) is 0 Å². The van der Waals surface area contributed by atoms with E-state index in [1.54, 1.807) is 0 Å². The maximum Gasteiger partial charge on any atom is 0.330 e. The number of nitrogens with one attached hydrogen (secondary N) is 2. The number of methoxy groups -OCH3 is 1. The highest BCUT2D eigenvalue weighted by Crippen LogP contribution is 2.34. The van der Waals surface area contributed by atoms with Gasteiger partial charge in [0.2, 0.25) is 0 Å². The van der Waals surface area contributed by atoms with E-state index in [9.17, 15) is 35.9 Å². The Bertz CT molecular complexity index is 1500. The maximum atomic E-state index is 13.6. The number of hydrogen-bond acceptors (Lipinski definition) is 9. The van der Waals surface area contributed by atoms with Crippen molar-refractivity contribution in [1.29, 1.82) is 0 Å². The number of rotatable bonds is 9. The number of amides is 1. The number of ether oxygens (including phenoxy) is 1. The number of aryl methyl sites for hydroxylation is 1. The second-order valence-corrected chi connectivity index (χ2v) is 12.3. The molecule has 0 saturated carbocycles. The van der Waals surface area contributed by atoms with Gasteiger partial charge in [-0.3, -0.25) is 4.79 Å². The van der Waals surface area contributed by atoms with Crippen LogP contribution in [0.1, 0.15) is 15.9 Å². The minimum atomic E-state index is -4.38. The van der Waals surface area contributed by atoms with E-state index < -0.39 is 61.0 Å². The third kappa shape index (κ3) is 5.67. The smallest absolute Gasteiger partial charge is 0.330 e. The molecule has 0 fully saturated rings. The van der Waals surface area contributed by atoms with Gasteiger partial charge in [-0.25, -0.2) is 26.0 Å². The molecule has 0 radical (unpaired) electrons. The molecular formula is C21H21FN2O8S3. The molecule has 1 atom stereocenters. The standard InChI is InChI=1S/C21H21FN2O8S3/c1-12-15-9-13(22)7-8-17(15)33-21(12)35(30,31)23-11-34(28,29)18-6-4-3-5-14(18)19(26)24-16(10-25)20(27)32-2/h3-9,16,23,25H,10-11H2,1-2H3,(H,24,26)/t16-/m0/s1. The number of carbonyl (C=O) groups is 2. The number of sulfonamides is 1. The molecule has 2 aromatic carbocycles. The number of sulfone groups is 1. The van der Waals surface area contributed by atoms with E-state index in [1.807, 2.05) is 4.72 Å². The predicted octanol–water partition coefficient (Wildman–Crippen LogP) is 1.32. The molecule has 0 aliphatic carbocycles. The van der Waals surface area contributed by atoms with Gasteiger partial charge in [-0.2, -0.15) is 4.72 Å². The average Bonchev–Trinajstić information content (AvgIpc) is 3.17. The Morgan fingerprint density at radius 1 is 1.14 bits per heavy atom. The highest BCUT2D eigenvalue weighted by molar-refractivity contribution is 7.95. The number of halogens is 1. The summed E-state index contributed by atoms with van der Waals surface area (Å²) in [5, 5.41) is 11.9. The summed E-state index contributed by atoms with van der Waals surface area (Å²) in [4.78, 5) is 23.8. The second kappa shape index (κ2) is 10.4. The van der Waals surface area contributed by atoms with Gasteiger partial charge in [0.15, 0.2) is 15.9 Å². The van der Waals surface area contributed by atoms with Crippen molar-refractivity contribution in [2.45, 2.75) is 22.1 Å². The van der Waals surface area contributed by atoms with Crippen molar-refractivity contribution < 1.29 is 40.7 Å². The molecule has 3 aromatic rings. The van der Waals surface area contributed by atoms with Gasteiger partial charge in [-0.15, -0.1) is 11.3 Å². The topological polar surface area (TPSA) is 156 Å². The predicted molar refractivity (Wildman–Crippen MR) is 126 cm³/mol. The fraction of sp³-hybridized carbons (Fsp3) is 0.238. The lowest BCUT2D eigenvalue weighted by Gasteiger charge is -2.16. The number of hydrogen-bond donors (Lipinski definition) is 3. The molecule has 0 spiro atoms. The van der Waals surface area contributed by atoms with Gasteiger partial charge >= 0.3 is 5.97 Å². The van der Waals surface area contributed by atoms with Crippen molar-refractivity contribution in [2.75, 3.05) is 19.6 Å². The van der Waals surface area contributed by atoms with Crippen LogP contribution >= 0.6 is 11.3 Å². The summed E-state index contributed by atoms with van der Waals surface area (Å²) in [6.07, 6.45) is 0. The molecule has 1 amide bonds. The summed E-state index contributed by atoms with van der Waals surface area (Å²) in [7, 11) is -7.63. The lowest BCUT2D eigenvalue weighted by Crippen LogP contribution is -2.44. The quantitative estimate of drug-likeness (QED) is 0.341. The van der Waals surface area contributed by atoms with Crippen LogP contribution in [0.3, 0.4) is 0 Å². The van der Waals surface area contributed by atoms with E-state index in [0.29, 0.717) is 10.1 Å². The van der Waals surface area contributed by atoms with Crippen molar-refractivity contribution in [1.82, 2.24) is 10.0 Å². The van der Waals surface area contributed by atoms with E-state index in [4.69, 9.17) is 0 Å². The number of aliphatic hydroxyl groups is 1. The molecule has 0 bridgehead atoms. The summed E-state index contributed by atoms with van der Waals surface area (Å²) in [5.41, 5.74) is -0.0883. The van der Waals surface area contributed by atoms with Crippen molar-refractivity contribution in [2.24, 2.45) is 0 Å². The van der Waals surface area contributed by atoms with Crippen LogP contribution in [-0.2, 0) is 29.4 Å². The van der Waals surface area contributed by atoms with E-state index in [0.717, 1.165) is 24.5 Å². The molecule has 0 saturated heterocycles. The van der Waals surface area contributed by atoms with Crippen molar-refractivity contribution in [3.63, 3.8) is 0 Å². The molecule has 3 rings (SSSR count). The number of thiophene rings is 1. The minimum absolute atomic E-state index is 0.164. The molecule has 14 heteroatoms. The van der Waals surface area contributed by atoms with Crippen LogP contribution in [0.15, 0.2) is 51.6 Å². The van der Waals surface area contributed by atoms with E-state index in [-0.39, 0.29) is 15.3 Å². The first-order valence-electron chi connectivity index (χ1n) is 9.91. The zero-order valence-corrected chi connectivity index (χ0v) is 20.9. The highest BCUT2D eigenvalue weighted by atomic mass is 32.2. The summed E-state index contributed by atoms with van der Waals surface area (Å²) in [5.74, 6) is -3.53. The lowest BCUT2D eigenvalue weighted by molar-refractivity contribution is -0.143. The Labute approximate surface area is 204 Å². The van der Waals surface area contributed by atoms with Gasteiger partial charge in [0.25, 0.3) is 15.9 Å². The highest BCUT2D eigenvalue weighted by Gasteiger charge is 2.29. The van der Waals surface area contributed by atoms with Crippen molar-refractivity contribution >= 4 is 53.2 Å². The van der Waals surface area contributed by atoms with Gasteiger partial charge in [0.1, 0.15) is 15.9 Å². The summed E-state index contributed by atoms with van der Waals surface area (Å²) < 4.78 is 72.2. The Morgan fingerprint density at radius 2 is 1.83 bits per heavy atom. The minimum Gasteiger partial charge on any atom is -0.467 e. The van der Waals surface area contributed by atoms with Crippen LogP contribution in [0.2, 0.25) is 0 Å². The maximum absolute atomic E-state index is 13.6. The van der Waals surface area contributed by atoms with Crippen LogP contribution in [0, 0.1) is 12.7 Å². The molecule has 0 aliphatic rings. The van der Waals surface area contributed by atoms with Crippen LogP contribution in [0.25, 0.3) is 10.1 Å². The first-order chi connectivity index (χ1) is 16.4. The van der Waals surface area contributed by atoms with E-state index in [2.05, 4.69) is 10.1 Å². The van der Waals surface area contributed by atoms with E-state index in [1.165, 1.54) is 43.3 Å². The second-order valence-electron chi connectivity index (χ2n) is 7.29. The van der Waals surface area contributed by atoms with Crippen LogP contribution in [-0.4, -0.2) is 59.5 Å². The number of benzene rings is 2. The molecule has 10 nitrogen and oxygen atoms in total. The monoisotopic (exact) mass is 544 g/mol. The number of fused-ring (bicyclic) bond motifs is 1. The summed E-state index contributed by atoms with van der Waals surface area (Å²) in [6, 6.07) is 7.39. The summed E-state index contributed by atoms with van der Waals surface area (Å²) >= 11 is 0.865. The molecule has 0 unspecified atom stereocenters. The molecule has 0 aliphatic heterocycles. The number of esters is 1. The lowest BCUT2D eigenvalue weighted by atomic mass is 10.2. The molecule has 1 heterocycles. The zero-order chi connectivity index (χ0) is 26.0. The SMILES string of the molecule is COC(=O)[C@H](CO)NC(=O)c1ccccc1S(=O)(=O)CNS(=O)(=O)c1sc2ccc(F)cc2c1C. The van der Waals surface area contributed by atoms with E-state index >= 15 is 0 Å². The van der Waals surface area contributed by atoms with Gasteiger partial charge in [0, 0.05) is 4.70 Å². The fourth-order valence-corrected chi connectivity index (χ4v) is 7.84.